The highest BCUT2D eigenvalue weighted by atomic mass is 16.5. The normalized spacial score (nSPS) is 11.7. The van der Waals surface area contributed by atoms with E-state index in [0.29, 0.717) is 0 Å². The van der Waals surface area contributed by atoms with E-state index < -0.39 is 0 Å². The largest absolute Gasteiger partial charge is 0.456 e. The number of rotatable bonds is 0. The number of hydrogen-bond acceptors (Lipinski definition) is 1. The topological polar surface area (TPSA) is 9.23 Å². The first-order valence-electron chi connectivity index (χ1n) is 6.80. The molecule has 96 valence electrons. The summed E-state index contributed by atoms with van der Waals surface area (Å²) in [4.78, 5) is 0. The first kappa shape index (κ1) is 11.3. The maximum Gasteiger partial charge on any atom is 0.135 e. The lowest BCUT2D eigenvalue weighted by Gasteiger charge is -2.09. The third-order valence-electron chi connectivity index (χ3n) is 3.75. The zero-order chi connectivity index (χ0) is 13.5. The number of aryl methyl sites for hydroxylation is 1. The number of fused-ring (bicyclic) bond motifs is 5. The van der Waals surface area contributed by atoms with Crippen molar-refractivity contribution in [2.24, 2.45) is 0 Å². The van der Waals surface area contributed by atoms with Gasteiger partial charge in [0.15, 0.2) is 0 Å². The van der Waals surface area contributed by atoms with Gasteiger partial charge in [-0.3, -0.25) is 0 Å². The third kappa shape index (κ3) is 1.64. The Morgan fingerprint density at radius 3 is 2.00 bits per heavy atom. The van der Waals surface area contributed by atoms with Crippen molar-refractivity contribution in [1.29, 1.82) is 0 Å². The van der Waals surface area contributed by atoms with Gasteiger partial charge in [0, 0.05) is 11.1 Å². The van der Waals surface area contributed by atoms with Crippen LogP contribution in [0.5, 0.6) is 11.5 Å². The Bertz CT molecular complexity index is 802. The Balaban J connectivity index is 2.12. The van der Waals surface area contributed by atoms with Crippen LogP contribution in [-0.4, -0.2) is 0 Å². The average Bonchev–Trinajstić information content (AvgIpc) is 2.62. The lowest BCUT2D eigenvalue weighted by molar-refractivity contribution is 0.487. The van der Waals surface area contributed by atoms with E-state index in [-0.39, 0.29) is 0 Å². The number of hydrogen-bond donors (Lipinski definition) is 0. The molecule has 1 heterocycles. The molecular weight excluding hydrogens is 244 g/mol. The van der Waals surface area contributed by atoms with Crippen LogP contribution in [0.2, 0.25) is 0 Å². The van der Waals surface area contributed by atoms with Gasteiger partial charge in [0.05, 0.1) is 0 Å². The second kappa shape index (κ2) is 4.24. The standard InChI is InChI=1S/C19H14O/c1-13-10-11-19-17(12-13)15-7-3-2-6-14(15)16-8-4-5-9-18(16)20-19/h2-12H,1H3. The van der Waals surface area contributed by atoms with Crippen molar-refractivity contribution < 1.29 is 4.74 Å². The van der Waals surface area contributed by atoms with Gasteiger partial charge < -0.3 is 4.74 Å². The molecule has 0 N–H and O–H groups in total. The highest BCUT2D eigenvalue weighted by molar-refractivity contribution is 5.90. The van der Waals surface area contributed by atoms with Crippen molar-refractivity contribution in [3.8, 4) is 33.8 Å². The van der Waals surface area contributed by atoms with Gasteiger partial charge >= 0.3 is 0 Å². The van der Waals surface area contributed by atoms with Crippen LogP contribution in [0.15, 0.2) is 66.7 Å². The highest BCUT2D eigenvalue weighted by Crippen LogP contribution is 2.46. The van der Waals surface area contributed by atoms with Crippen LogP contribution in [-0.2, 0) is 0 Å². The van der Waals surface area contributed by atoms with Gasteiger partial charge in [-0.1, -0.05) is 54.1 Å². The molecule has 0 aromatic heterocycles. The summed E-state index contributed by atoms with van der Waals surface area (Å²) >= 11 is 0. The fraction of sp³-hybridized carbons (Fsp3) is 0.0526. The molecule has 1 aliphatic heterocycles. The fourth-order valence-corrected chi connectivity index (χ4v) is 2.79. The molecule has 3 aromatic carbocycles. The molecule has 0 unspecified atom stereocenters. The number of benzene rings is 3. The average molecular weight is 258 g/mol. The number of para-hydroxylation sites is 1. The Kier molecular flexibility index (Phi) is 2.40. The summed E-state index contributed by atoms with van der Waals surface area (Å²) in [6.07, 6.45) is 0. The highest BCUT2D eigenvalue weighted by Gasteiger charge is 2.19. The monoisotopic (exact) mass is 258 g/mol. The van der Waals surface area contributed by atoms with E-state index in [1.54, 1.807) is 0 Å². The van der Waals surface area contributed by atoms with E-state index in [1.807, 2.05) is 12.1 Å². The maximum absolute atomic E-state index is 6.14. The molecule has 1 aliphatic rings. The Labute approximate surface area is 118 Å². The molecule has 0 aliphatic carbocycles. The van der Waals surface area contributed by atoms with Crippen molar-refractivity contribution in [2.45, 2.75) is 6.92 Å². The Morgan fingerprint density at radius 1 is 0.600 bits per heavy atom. The summed E-state index contributed by atoms with van der Waals surface area (Å²) in [6.45, 7) is 2.11. The minimum atomic E-state index is 0.919. The predicted octanol–water partition coefficient (Wildman–Crippen LogP) is 5.43. The molecule has 0 fully saturated rings. The van der Waals surface area contributed by atoms with Gasteiger partial charge in [-0.15, -0.1) is 0 Å². The molecular formula is C19H14O. The van der Waals surface area contributed by atoms with Crippen molar-refractivity contribution in [3.05, 3.63) is 72.3 Å². The van der Waals surface area contributed by atoms with Crippen molar-refractivity contribution in [1.82, 2.24) is 0 Å². The van der Waals surface area contributed by atoms with Crippen LogP contribution >= 0.6 is 0 Å². The minimum Gasteiger partial charge on any atom is -0.456 e. The SMILES string of the molecule is Cc1ccc2c(c1)-c1ccccc1-c1ccccc1O2. The van der Waals surface area contributed by atoms with Crippen LogP contribution in [0.4, 0.5) is 0 Å². The smallest absolute Gasteiger partial charge is 0.135 e. The minimum absolute atomic E-state index is 0.919. The van der Waals surface area contributed by atoms with E-state index in [0.717, 1.165) is 22.6 Å². The van der Waals surface area contributed by atoms with E-state index in [9.17, 15) is 0 Å². The predicted molar refractivity (Wildman–Crippen MR) is 82.1 cm³/mol. The van der Waals surface area contributed by atoms with Gasteiger partial charge in [-0.2, -0.15) is 0 Å². The summed E-state index contributed by atoms with van der Waals surface area (Å²) in [7, 11) is 0. The molecule has 0 spiro atoms. The molecule has 0 saturated carbocycles. The fourth-order valence-electron chi connectivity index (χ4n) is 2.79. The van der Waals surface area contributed by atoms with Crippen LogP contribution in [0.1, 0.15) is 5.56 Å². The molecule has 0 saturated heterocycles. The lowest BCUT2D eigenvalue weighted by atomic mass is 9.94. The van der Waals surface area contributed by atoms with Crippen LogP contribution < -0.4 is 4.74 Å². The van der Waals surface area contributed by atoms with Crippen LogP contribution in [0.25, 0.3) is 22.3 Å². The molecule has 0 amide bonds. The Hall–Kier alpha value is -2.54. The molecule has 0 radical (unpaired) electrons. The van der Waals surface area contributed by atoms with Gasteiger partial charge in [-0.05, 0) is 36.2 Å². The van der Waals surface area contributed by atoms with Gasteiger partial charge in [0.1, 0.15) is 11.5 Å². The molecule has 4 rings (SSSR count). The van der Waals surface area contributed by atoms with Crippen molar-refractivity contribution in [2.75, 3.05) is 0 Å². The molecule has 3 aromatic rings. The zero-order valence-electron chi connectivity index (χ0n) is 11.3. The van der Waals surface area contributed by atoms with E-state index in [1.165, 1.54) is 16.7 Å². The quantitative estimate of drug-likeness (QED) is 0.408. The van der Waals surface area contributed by atoms with E-state index >= 15 is 0 Å². The summed E-state index contributed by atoms with van der Waals surface area (Å²) < 4.78 is 6.14. The van der Waals surface area contributed by atoms with E-state index in [2.05, 4.69) is 61.5 Å². The van der Waals surface area contributed by atoms with Gasteiger partial charge in [-0.25, -0.2) is 0 Å². The second-order valence-corrected chi connectivity index (χ2v) is 5.14. The van der Waals surface area contributed by atoms with Gasteiger partial charge in [0.2, 0.25) is 0 Å². The maximum atomic E-state index is 6.14. The first-order chi connectivity index (χ1) is 9.83. The van der Waals surface area contributed by atoms with Crippen LogP contribution in [0, 0.1) is 6.92 Å². The Morgan fingerprint density at radius 2 is 1.20 bits per heavy atom. The van der Waals surface area contributed by atoms with E-state index in [4.69, 9.17) is 4.74 Å². The van der Waals surface area contributed by atoms with Crippen LogP contribution in [0.3, 0.4) is 0 Å². The molecule has 1 heteroatoms. The number of ether oxygens (including phenoxy) is 1. The summed E-state index contributed by atoms with van der Waals surface area (Å²) in [6, 6.07) is 23.1. The van der Waals surface area contributed by atoms with Gasteiger partial charge in [0.25, 0.3) is 0 Å². The molecule has 0 atom stereocenters. The second-order valence-electron chi connectivity index (χ2n) is 5.14. The zero-order valence-corrected chi connectivity index (χ0v) is 11.3. The molecule has 0 bridgehead atoms. The lowest BCUT2D eigenvalue weighted by Crippen LogP contribution is -1.86. The molecule has 20 heavy (non-hydrogen) atoms. The summed E-state index contributed by atoms with van der Waals surface area (Å²) in [5.41, 5.74) is 6.02. The molecule has 1 nitrogen and oxygen atoms in total. The third-order valence-corrected chi connectivity index (χ3v) is 3.75. The van der Waals surface area contributed by atoms with Crippen molar-refractivity contribution in [3.63, 3.8) is 0 Å². The first-order valence-corrected chi connectivity index (χ1v) is 6.80. The summed E-state index contributed by atoms with van der Waals surface area (Å²) in [5, 5.41) is 0. The summed E-state index contributed by atoms with van der Waals surface area (Å²) in [5.74, 6) is 1.84. The van der Waals surface area contributed by atoms with Crippen molar-refractivity contribution >= 4 is 0 Å².